The van der Waals surface area contributed by atoms with Crippen LogP contribution in [0, 0.1) is 10.1 Å². The minimum Gasteiger partial charge on any atom is -0.378 e. The van der Waals surface area contributed by atoms with Gasteiger partial charge in [-0.05, 0) is 28.5 Å². The van der Waals surface area contributed by atoms with Crippen molar-refractivity contribution < 1.29 is 27.5 Å². The molecule has 4 rings (SSSR count). The van der Waals surface area contributed by atoms with Gasteiger partial charge in [0.2, 0.25) is 11.6 Å². The first kappa shape index (κ1) is 23.0. The van der Waals surface area contributed by atoms with Crippen LogP contribution in [0.1, 0.15) is 21.6 Å². The van der Waals surface area contributed by atoms with Crippen molar-refractivity contribution in [2.24, 2.45) is 5.10 Å². The molecule has 0 aliphatic carbocycles. The van der Waals surface area contributed by atoms with E-state index < -0.39 is 22.6 Å². The number of nitrogens with one attached hydrogen (secondary N) is 1. The van der Waals surface area contributed by atoms with Crippen molar-refractivity contribution in [3.63, 3.8) is 0 Å². The Morgan fingerprint density at radius 3 is 2.51 bits per heavy atom. The normalized spacial score (nSPS) is 11.6. The largest absolute Gasteiger partial charge is 0.417 e. The number of nitro groups is 1. The van der Waals surface area contributed by atoms with Crippen LogP contribution in [-0.2, 0) is 6.18 Å². The predicted octanol–water partition coefficient (Wildman–Crippen LogP) is 2.59. The van der Waals surface area contributed by atoms with Crippen molar-refractivity contribution in [2.75, 3.05) is 5.73 Å². The average Bonchev–Trinajstić information content (AvgIpc) is 3.44. The second kappa shape index (κ2) is 9.00. The van der Waals surface area contributed by atoms with Crippen LogP contribution >= 0.6 is 0 Å². The molecular weight excluding hydrogens is 475 g/mol. The highest BCUT2D eigenvalue weighted by molar-refractivity contribution is 5.99. The van der Waals surface area contributed by atoms with E-state index in [0.717, 1.165) is 17.0 Å². The number of hydrazone groups is 1. The lowest BCUT2D eigenvalue weighted by molar-refractivity contribution is -0.384. The number of aromatic nitrogens is 5. The fourth-order valence-corrected chi connectivity index (χ4v) is 3.00. The highest BCUT2D eigenvalue weighted by atomic mass is 19.4. The second-order valence-corrected chi connectivity index (χ2v) is 6.76. The molecule has 4 aromatic rings. The molecule has 3 N–H and O–H groups in total. The van der Waals surface area contributed by atoms with E-state index in [4.69, 9.17) is 5.73 Å². The molecule has 178 valence electrons. The van der Waals surface area contributed by atoms with Crippen LogP contribution in [0.15, 0.2) is 58.3 Å². The molecule has 0 spiro atoms. The van der Waals surface area contributed by atoms with Crippen molar-refractivity contribution in [2.45, 2.75) is 6.18 Å². The summed E-state index contributed by atoms with van der Waals surface area (Å²) in [5.74, 6) is -1.25. The number of nitrogens with two attached hydrogens (primary N) is 1. The summed E-state index contributed by atoms with van der Waals surface area (Å²) < 4.78 is 45.0. The van der Waals surface area contributed by atoms with Crippen molar-refractivity contribution in [3.8, 4) is 17.1 Å². The van der Waals surface area contributed by atoms with Gasteiger partial charge in [-0.3, -0.25) is 14.9 Å². The summed E-state index contributed by atoms with van der Waals surface area (Å²) in [5.41, 5.74) is 6.27. The Hall–Kier alpha value is -5.15. The molecule has 1 amide bonds. The Kier molecular flexibility index (Phi) is 5.92. The summed E-state index contributed by atoms with van der Waals surface area (Å²) >= 11 is 0. The number of amides is 1. The van der Waals surface area contributed by atoms with E-state index in [1.165, 1.54) is 42.5 Å². The van der Waals surface area contributed by atoms with E-state index in [1.807, 2.05) is 0 Å². The fraction of sp³-hybridized carbons (Fsp3) is 0.0526. The van der Waals surface area contributed by atoms with E-state index >= 15 is 0 Å². The third-order valence-electron chi connectivity index (χ3n) is 4.57. The number of nitrogen functional groups attached to an aromatic ring is 1. The maximum absolute atomic E-state index is 13.1. The Balaban J connectivity index is 1.69. The van der Waals surface area contributed by atoms with Crippen LogP contribution in [0.2, 0.25) is 0 Å². The lowest BCUT2D eigenvalue weighted by Gasteiger charge is -2.09. The Morgan fingerprint density at radius 2 is 1.89 bits per heavy atom. The van der Waals surface area contributed by atoms with Gasteiger partial charge in [0, 0.05) is 23.3 Å². The highest BCUT2D eigenvalue weighted by Crippen LogP contribution is 2.31. The van der Waals surface area contributed by atoms with Crippen molar-refractivity contribution in [1.82, 2.24) is 30.7 Å². The molecule has 35 heavy (non-hydrogen) atoms. The third kappa shape index (κ3) is 4.65. The second-order valence-electron chi connectivity index (χ2n) is 6.76. The topological polar surface area (TPSA) is 180 Å². The van der Waals surface area contributed by atoms with E-state index in [9.17, 15) is 28.1 Å². The highest BCUT2D eigenvalue weighted by Gasteiger charge is 2.32. The molecule has 0 fully saturated rings. The van der Waals surface area contributed by atoms with Gasteiger partial charge < -0.3 is 5.73 Å². The van der Waals surface area contributed by atoms with Gasteiger partial charge >= 0.3 is 6.18 Å². The zero-order valence-corrected chi connectivity index (χ0v) is 17.2. The van der Waals surface area contributed by atoms with Crippen molar-refractivity contribution in [1.29, 1.82) is 0 Å². The number of alkyl halides is 3. The lowest BCUT2D eigenvalue weighted by Crippen LogP contribution is -2.20. The number of halogens is 3. The van der Waals surface area contributed by atoms with E-state index in [1.54, 1.807) is 0 Å². The summed E-state index contributed by atoms with van der Waals surface area (Å²) in [4.78, 5) is 23.2. The molecule has 2 aromatic carbocycles. The van der Waals surface area contributed by atoms with Gasteiger partial charge in [0.15, 0.2) is 5.69 Å². The minimum atomic E-state index is -4.62. The van der Waals surface area contributed by atoms with Gasteiger partial charge in [-0.1, -0.05) is 23.4 Å². The Morgan fingerprint density at radius 1 is 1.17 bits per heavy atom. The number of hydrogen-bond donors (Lipinski definition) is 2. The standard InChI is InChI=1S/C19H12F3N9O4/c20-19(21,22)13-4-2-1-3-11(13)9-24-26-18(32)14-15(10-5-7-12(8-6-10)31(33)34)30(29-25-14)17-16(23)27-35-28-17/h1-9H,(H2,23,27)(H,26,32)/b24-9+. The molecule has 0 aliphatic rings. The summed E-state index contributed by atoms with van der Waals surface area (Å²) in [6.07, 6.45) is -3.79. The maximum atomic E-state index is 13.1. The number of benzene rings is 2. The van der Waals surface area contributed by atoms with Crippen molar-refractivity contribution >= 4 is 23.6 Å². The van der Waals surface area contributed by atoms with Gasteiger partial charge in [0.05, 0.1) is 16.7 Å². The summed E-state index contributed by atoms with van der Waals surface area (Å²) in [7, 11) is 0. The zero-order valence-electron chi connectivity index (χ0n) is 17.2. The SMILES string of the molecule is Nc1nonc1-n1nnc(C(=O)N/N=C/c2ccccc2C(F)(F)F)c1-c1ccc([N+](=O)[O-])cc1. The molecule has 2 heterocycles. The van der Waals surface area contributed by atoms with Gasteiger partial charge in [0.1, 0.15) is 5.69 Å². The predicted molar refractivity (Wildman–Crippen MR) is 112 cm³/mol. The minimum absolute atomic E-state index is 0.00862. The molecule has 16 heteroatoms. The van der Waals surface area contributed by atoms with Crippen LogP contribution in [0.3, 0.4) is 0 Å². The molecule has 0 saturated carbocycles. The molecule has 0 radical (unpaired) electrons. The van der Waals surface area contributed by atoms with Gasteiger partial charge in [-0.2, -0.15) is 23.0 Å². The van der Waals surface area contributed by atoms with Crippen molar-refractivity contribution in [3.05, 3.63) is 75.5 Å². The molecular formula is C19H12F3N9O4. The lowest BCUT2D eigenvalue weighted by atomic mass is 10.1. The van der Waals surface area contributed by atoms with Crippen LogP contribution in [0.25, 0.3) is 17.1 Å². The van der Waals surface area contributed by atoms with Crippen LogP contribution in [-0.4, -0.2) is 42.4 Å². The first-order valence-corrected chi connectivity index (χ1v) is 9.45. The first-order chi connectivity index (χ1) is 16.7. The molecule has 0 atom stereocenters. The smallest absolute Gasteiger partial charge is 0.378 e. The number of non-ortho nitro benzene ring substituents is 1. The number of carbonyl (C=O) groups excluding carboxylic acids is 1. The average molecular weight is 487 g/mol. The zero-order chi connectivity index (χ0) is 25.2. The van der Waals surface area contributed by atoms with Crippen LogP contribution < -0.4 is 11.2 Å². The number of hydrogen-bond acceptors (Lipinski definition) is 10. The van der Waals surface area contributed by atoms with Crippen LogP contribution in [0.4, 0.5) is 24.7 Å². The quantitative estimate of drug-likeness (QED) is 0.235. The summed E-state index contributed by atoms with van der Waals surface area (Å²) in [6.45, 7) is 0. The Bertz CT molecular complexity index is 1430. The maximum Gasteiger partial charge on any atom is 0.417 e. The molecule has 0 unspecified atom stereocenters. The van der Waals surface area contributed by atoms with Crippen LogP contribution in [0.5, 0.6) is 0 Å². The van der Waals surface area contributed by atoms with Gasteiger partial charge in [0.25, 0.3) is 11.6 Å². The monoisotopic (exact) mass is 487 g/mol. The number of anilines is 1. The first-order valence-electron chi connectivity index (χ1n) is 9.45. The number of nitro benzene ring substituents is 1. The fourth-order valence-electron chi connectivity index (χ4n) is 3.00. The van der Waals surface area contributed by atoms with Gasteiger partial charge in [-0.15, -0.1) is 5.10 Å². The number of nitrogens with zero attached hydrogens (tertiary/aromatic N) is 7. The molecule has 0 aliphatic heterocycles. The molecule has 0 saturated heterocycles. The third-order valence-corrected chi connectivity index (χ3v) is 4.57. The number of rotatable bonds is 6. The summed E-state index contributed by atoms with van der Waals surface area (Å²) in [6, 6.07) is 9.68. The Labute approximate surface area is 192 Å². The molecule has 0 bridgehead atoms. The molecule has 13 nitrogen and oxygen atoms in total. The van der Waals surface area contributed by atoms with E-state index in [2.05, 4.69) is 35.8 Å². The number of carbonyl (C=O) groups is 1. The van der Waals surface area contributed by atoms with E-state index in [0.29, 0.717) is 0 Å². The molecule has 2 aromatic heterocycles. The van der Waals surface area contributed by atoms with E-state index in [-0.39, 0.29) is 39.8 Å². The van der Waals surface area contributed by atoms with Gasteiger partial charge in [-0.25, -0.2) is 10.1 Å². The summed E-state index contributed by atoms with van der Waals surface area (Å²) in [5, 5.41) is 29.2.